The van der Waals surface area contributed by atoms with Crippen LogP contribution in [0, 0.1) is 11.8 Å². The highest BCUT2D eigenvalue weighted by Crippen LogP contribution is 2.47. The lowest BCUT2D eigenvalue weighted by atomic mass is 9.86. The second-order valence-corrected chi connectivity index (χ2v) is 11.7. The highest BCUT2D eigenvalue weighted by Gasteiger charge is 2.64. The molecule has 0 spiro atoms. The number of rotatable bonds is 14. The number of aliphatic hydroxyl groups is 1. The summed E-state index contributed by atoms with van der Waals surface area (Å²) in [4.78, 5) is 25.5. The third kappa shape index (κ3) is 8.64. The fourth-order valence-electron chi connectivity index (χ4n) is 4.71. The van der Waals surface area contributed by atoms with Crippen LogP contribution in [-0.4, -0.2) is 75.9 Å². The summed E-state index contributed by atoms with van der Waals surface area (Å²) in [6.45, 7) is 9.06. The Hall–Kier alpha value is -3.80. The number of aliphatic hydroxyl groups excluding tert-OH is 1. The molecule has 0 saturated carbocycles. The molecule has 0 bridgehead atoms. The predicted octanol–water partition coefficient (Wildman–Crippen LogP) is 6.16. The molecular formula is C33H44O11. The van der Waals surface area contributed by atoms with E-state index >= 15 is 0 Å². The Morgan fingerprint density at radius 1 is 0.909 bits per heavy atom. The molecule has 1 fully saturated rings. The van der Waals surface area contributed by atoms with Gasteiger partial charge in [-0.2, -0.15) is 0 Å². The smallest absolute Gasteiger partial charge is 0.508 e. The maximum Gasteiger partial charge on any atom is 0.511 e. The van der Waals surface area contributed by atoms with Crippen molar-refractivity contribution in [3.63, 3.8) is 0 Å². The van der Waals surface area contributed by atoms with Crippen molar-refractivity contribution in [3.05, 3.63) is 65.4 Å². The van der Waals surface area contributed by atoms with Crippen LogP contribution in [-0.2, 0) is 28.4 Å². The topological polar surface area (TPSA) is 132 Å². The molecule has 1 N–H and O–H groups in total. The number of esters is 1. The first-order chi connectivity index (χ1) is 20.8. The SMILES string of the molecule is COC[C@@]1(C(OC)OC(=O)OC(C)(C)C)O[C@H]1C[C@H](C)C(C)/C(O)=C(\OC(=O)c1ccc(OC)cc1)c1ccc(OC)cc1. The minimum absolute atomic E-state index is 0.0238. The summed E-state index contributed by atoms with van der Waals surface area (Å²) in [5.41, 5.74) is -1.03. The molecule has 11 nitrogen and oxygen atoms in total. The van der Waals surface area contributed by atoms with Gasteiger partial charge in [0, 0.05) is 25.7 Å². The van der Waals surface area contributed by atoms with Crippen molar-refractivity contribution in [3.8, 4) is 11.5 Å². The summed E-state index contributed by atoms with van der Waals surface area (Å²) in [6.07, 6.45) is -1.96. The molecule has 5 atom stereocenters. The Kier molecular flexibility index (Phi) is 11.7. The maximum atomic E-state index is 13.1. The van der Waals surface area contributed by atoms with Crippen molar-refractivity contribution in [1.29, 1.82) is 0 Å². The Morgan fingerprint density at radius 3 is 1.93 bits per heavy atom. The summed E-state index contributed by atoms with van der Waals surface area (Å²) >= 11 is 0. The number of carbonyl (C=O) groups is 2. The highest BCUT2D eigenvalue weighted by atomic mass is 16.8. The van der Waals surface area contributed by atoms with Crippen LogP contribution < -0.4 is 9.47 Å². The van der Waals surface area contributed by atoms with Crippen molar-refractivity contribution < 1.29 is 52.6 Å². The van der Waals surface area contributed by atoms with Crippen LogP contribution in [0.4, 0.5) is 4.79 Å². The van der Waals surface area contributed by atoms with Crippen molar-refractivity contribution in [2.75, 3.05) is 35.0 Å². The molecule has 0 radical (unpaired) electrons. The summed E-state index contributed by atoms with van der Waals surface area (Å²) in [6, 6.07) is 13.3. The first kappa shape index (κ1) is 34.7. The molecule has 0 amide bonds. The molecule has 1 saturated heterocycles. The van der Waals surface area contributed by atoms with Crippen LogP contribution in [0.15, 0.2) is 54.3 Å². The van der Waals surface area contributed by atoms with Crippen LogP contribution in [0.3, 0.4) is 0 Å². The molecule has 44 heavy (non-hydrogen) atoms. The van der Waals surface area contributed by atoms with Gasteiger partial charge in [-0.3, -0.25) is 0 Å². The van der Waals surface area contributed by atoms with E-state index < -0.39 is 41.6 Å². The highest BCUT2D eigenvalue weighted by molar-refractivity contribution is 5.93. The molecule has 3 rings (SSSR count). The van der Waals surface area contributed by atoms with E-state index in [2.05, 4.69) is 0 Å². The van der Waals surface area contributed by atoms with Crippen LogP contribution in [0.2, 0.25) is 0 Å². The van der Waals surface area contributed by atoms with Gasteiger partial charge < -0.3 is 43.0 Å². The monoisotopic (exact) mass is 616 g/mol. The third-order valence-electron chi connectivity index (χ3n) is 7.40. The molecule has 242 valence electrons. The van der Waals surface area contributed by atoms with Gasteiger partial charge in [-0.05, 0) is 81.6 Å². The number of carbonyl (C=O) groups excluding carboxylic acids is 2. The summed E-state index contributed by atoms with van der Waals surface area (Å²) in [5, 5.41) is 11.5. The zero-order valence-electron chi connectivity index (χ0n) is 26.9. The Labute approximate surface area is 258 Å². The van der Waals surface area contributed by atoms with Crippen LogP contribution in [0.25, 0.3) is 5.76 Å². The quantitative estimate of drug-likeness (QED) is 0.113. The van der Waals surface area contributed by atoms with E-state index in [-0.39, 0.29) is 29.6 Å². The maximum absolute atomic E-state index is 13.1. The zero-order chi connectivity index (χ0) is 32.7. The molecule has 2 aromatic rings. The standard InChI is InChI=1S/C33H44O11/c1-20(18-26-33(43-26,19-37-6)30(40-9)42-31(36)44-32(3,4)5)21(2)27(34)28(22-10-14-24(38-7)15-11-22)41-29(35)23-12-16-25(39-8)17-13-23/h10-17,20-21,26,30,34H,18-19H2,1-9H3/b28-27+/t20-,21?,26-,30?,33+/m0/s1. The lowest BCUT2D eigenvalue weighted by Gasteiger charge is -2.26. The van der Waals surface area contributed by atoms with Crippen LogP contribution in [0.5, 0.6) is 11.5 Å². The van der Waals surface area contributed by atoms with Crippen molar-refractivity contribution in [1.82, 2.24) is 0 Å². The van der Waals surface area contributed by atoms with Gasteiger partial charge in [0.15, 0.2) is 11.4 Å². The third-order valence-corrected chi connectivity index (χ3v) is 7.40. The molecule has 0 aliphatic carbocycles. The molecule has 2 aromatic carbocycles. The van der Waals surface area contributed by atoms with Crippen molar-refractivity contribution >= 4 is 17.9 Å². The van der Waals surface area contributed by atoms with E-state index in [0.717, 1.165) is 0 Å². The van der Waals surface area contributed by atoms with Gasteiger partial charge >= 0.3 is 12.1 Å². The van der Waals surface area contributed by atoms with Gasteiger partial charge in [-0.25, -0.2) is 9.59 Å². The first-order valence-electron chi connectivity index (χ1n) is 14.3. The molecular weight excluding hydrogens is 572 g/mol. The van der Waals surface area contributed by atoms with Gasteiger partial charge in [0.25, 0.3) is 0 Å². The molecule has 1 aliphatic rings. The van der Waals surface area contributed by atoms with E-state index in [1.54, 1.807) is 76.4 Å². The van der Waals surface area contributed by atoms with E-state index in [0.29, 0.717) is 23.5 Å². The van der Waals surface area contributed by atoms with Gasteiger partial charge in [0.2, 0.25) is 6.29 Å². The molecule has 2 unspecified atom stereocenters. The molecule has 0 aromatic heterocycles. The van der Waals surface area contributed by atoms with E-state index in [1.165, 1.54) is 21.3 Å². The molecule has 1 aliphatic heterocycles. The van der Waals surface area contributed by atoms with E-state index in [4.69, 9.17) is 37.9 Å². The fourth-order valence-corrected chi connectivity index (χ4v) is 4.71. The number of ether oxygens (including phenoxy) is 8. The normalized spacial score (nSPS) is 20.4. The minimum Gasteiger partial charge on any atom is -0.508 e. The number of methoxy groups -OCH3 is 4. The fraction of sp³-hybridized carbons (Fsp3) is 0.515. The van der Waals surface area contributed by atoms with E-state index in [9.17, 15) is 14.7 Å². The van der Waals surface area contributed by atoms with Gasteiger partial charge in [0.1, 0.15) is 22.9 Å². The summed E-state index contributed by atoms with van der Waals surface area (Å²) in [7, 11) is 6.00. The summed E-state index contributed by atoms with van der Waals surface area (Å²) < 4.78 is 43.9. The largest absolute Gasteiger partial charge is 0.511 e. The average molecular weight is 617 g/mol. The molecule has 11 heteroatoms. The number of benzene rings is 2. The second kappa shape index (κ2) is 14.8. The van der Waals surface area contributed by atoms with Gasteiger partial charge in [-0.15, -0.1) is 0 Å². The van der Waals surface area contributed by atoms with Crippen LogP contribution in [0.1, 0.15) is 57.0 Å². The Morgan fingerprint density at radius 2 is 1.45 bits per heavy atom. The van der Waals surface area contributed by atoms with Crippen LogP contribution >= 0.6 is 0 Å². The van der Waals surface area contributed by atoms with E-state index in [1.807, 2.05) is 13.8 Å². The van der Waals surface area contributed by atoms with Crippen molar-refractivity contribution in [2.24, 2.45) is 11.8 Å². The average Bonchev–Trinajstić information content (AvgIpc) is 3.69. The van der Waals surface area contributed by atoms with Crippen molar-refractivity contribution in [2.45, 2.75) is 64.6 Å². The second-order valence-electron chi connectivity index (χ2n) is 11.7. The number of allylic oxidation sites excluding steroid dienone is 1. The Balaban J connectivity index is 1.83. The molecule has 1 heterocycles. The lowest BCUT2D eigenvalue weighted by Crippen LogP contribution is -2.43. The zero-order valence-corrected chi connectivity index (χ0v) is 26.9. The lowest BCUT2D eigenvalue weighted by molar-refractivity contribution is -0.160. The minimum atomic E-state index is -1.09. The predicted molar refractivity (Wildman–Crippen MR) is 161 cm³/mol. The number of hydrogen-bond donors (Lipinski definition) is 1. The van der Waals surface area contributed by atoms with Gasteiger partial charge in [-0.1, -0.05) is 13.8 Å². The first-order valence-corrected chi connectivity index (χ1v) is 14.3. The summed E-state index contributed by atoms with van der Waals surface area (Å²) in [5.74, 6) is -0.198. The number of epoxide rings is 1. The van der Waals surface area contributed by atoms with Gasteiger partial charge in [0.05, 0.1) is 32.5 Å². The Bertz CT molecular complexity index is 1280. The number of hydrogen-bond acceptors (Lipinski definition) is 11.